The van der Waals surface area contributed by atoms with Gasteiger partial charge in [-0.1, -0.05) is 0 Å². The Kier molecular flexibility index (Phi) is 8.62. The van der Waals surface area contributed by atoms with Crippen LogP contribution in [0.2, 0.25) is 0 Å². The molecule has 3 nitrogen and oxygen atoms in total. The molecule has 0 aromatic heterocycles. The molecule has 0 amide bonds. The van der Waals surface area contributed by atoms with Crippen molar-refractivity contribution in [2.24, 2.45) is 0 Å². The quantitative estimate of drug-likeness (QED) is 0.300. The van der Waals surface area contributed by atoms with Gasteiger partial charge in [0.1, 0.15) is 0 Å². The van der Waals surface area contributed by atoms with E-state index >= 15 is 0 Å². The van der Waals surface area contributed by atoms with E-state index in [4.69, 9.17) is 9.05 Å². The van der Waals surface area contributed by atoms with Crippen LogP contribution in [-0.4, -0.2) is 13.2 Å². The van der Waals surface area contributed by atoms with Crippen LogP contribution in [0, 0.1) is 6.66 Å². The van der Waals surface area contributed by atoms with Crippen molar-refractivity contribution in [3.8, 4) is 0 Å². The Bertz CT molecular complexity index is 107. The Morgan fingerprint density at radius 2 is 1.60 bits per heavy atom. The van der Waals surface area contributed by atoms with Crippen molar-refractivity contribution in [1.29, 1.82) is 0 Å². The minimum Gasteiger partial charge on any atom is -0.331 e. The maximum absolute atomic E-state index is 10.9. The van der Waals surface area contributed by atoms with E-state index in [1.165, 1.54) is 0 Å². The van der Waals surface area contributed by atoms with E-state index in [1.807, 2.05) is 0 Å². The van der Waals surface area contributed by atoms with Gasteiger partial charge in [-0.05, 0) is 13.8 Å². The summed E-state index contributed by atoms with van der Waals surface area (Å²) in [6, 6.07) is 0. The Morgan fingerprint density at radius 3 is 1.80 bits per heavy atom. The summed E-state index contributed by atoms with van der Waals surface area (Å²) in [4.78, 5) is 0. The molecule has 0 N–H and O–H groups in total. The fourth-order valence-corrected chi connectivity index (χ4v) is 1.29. The Morgan fingerprint density at radius 1 is 1.30 bits per heavy atom. The van der Waals surface area contributed by atoms with E-state index in [1.54, 1.807) is 13.8 Å². The van der Waals surface area contributed by atoms with Crippen LogP contribution in [0.4, 0.5) is 0 Å². The zero-order valence-electron chi connectivity index (χ0n) is 6.79. The van der Waals surface area contributed by atoms with Gasteiger partial charge < -0.3 is 9.05 Å². The third-order valence-electron chi connectivity index (χ3n) is 0.652. The molecule has 0 fully saturated rings. The molecule has 0 aliphatic rings. The van der Waals surface area contributed by atoms with Crippen molar-refractivity contribution in [2.75, 3.05) is 13.2 Å². The summed E-state index contributed by atoms with van der Waals surface area (Å²) in [6.07, 6.45) is 0. The van der Waals surface area contributed by atoms with Crippen molar-refractivity contribution in [2.45, 2.75) is 13.8 Å². The number of rotatable bonds is 4. The topological polar surface area (TPSA) is 35.5 Å². The van der Waals surface area contributed by atoms with E-state index < -0.39 is 7.60 Å². The zero-order valence-corrected chi connectivity index (χ0v) is 7.69. The second kappa shape index (κ2) is 6.46. The molecule has 10 heavy (non-hydrogen) atoms. The molecule has 0 radical (unpaired) electrons. The van der Waals surface area contributed by atoms with E-state index in [2.05, 4.69) is 6.66 Å². The van der Waals surface area contributed by atoms with Crippen LogP contribution in [0.25, 0.3) is 0 Å². The normalized spacial score (nSPS) is 10.7. The molecule has 0 rings (SSSR count). The second-order valence-corrected chi connectivity index (χ2v) is 3.18. The van der Waals surface area contributed by atoms with Crippen LogP contribution in [0.5, 0.6) is 0 Å². The van der Waals surface area contributed by atoms with Crippen LogP contribution in [-0.2, 0) is 13.6 Å². The molecule has 0 unspecified atom stereocenters. The first-order valence-corrected chi connectivity index (χ1v) is 4.58. The van der Waals surface area contributed by atoms with E-state index in [0.717, 1.165) is 0 Å². The van der Waals surface area contributed by atoms with Gasteiger partial charge in [0.25, 0.3) is 0 Å². The largest absolute Gasteiger partial charge is 1.00 e. The molecule has 5 heteroatoms. The molecule has 0 aromatic rings. The predicted octanol–water partition coefficient (Wildman–Crippen LogP) is -0.952. The van der Waals surface area contributed by atoms with Crippen LogP contribution >= 0.6 is 7.60 Å². The molecule has 0 spiro atoms. The fourth-order valence-electron chi connectivity index (χ4n) is 0.431. The first-order chi connectivity index (χ1) is 4.12. The van der Waals surface area contributed by atoms with Gasteiger partial charge in [-0.2, -0.15) is 0 Å². The summed E-state index contributed by atoms with van der Waals surface area (Å²) in [6.45, 7) is 7.51. The molecule has 0 aromatic carbocycles. The van der Waals surface area contributed by atoms with Crippen molar-refractivity contribution in [3.05, 3.63) is 6.66 Å². The second-order valence-electron chi connectivity index (χ2n) is 1.45. The molecule has 0 aliphatic carbocycles. The summed E-state index contributed by atoms with van der Waals surface area (Å²) < 4.78 is 20.2. The molecular weight excluding hydrogens is 146 g/mol. The summed E-state index contributed by atoms with van der Waals surface area (Å²) in [5.41, 5.74) is 0. The average molecular weight is 158 g/mol. The Hall–Kier alpha value is 0.747. The minimum atomic E-state index is -2.94. The van der Waals surface area contributed by atoms with E-state index in [9.17, 15) is 4.57 Å². The summed E-state index contributed by atoms with van der Waals surface area (Å²) >= 11 is 0. The molecule has 56 valence electrons. The molecule has 0 bridgehead atoms. The van der Waals surface area contributed by atoms with Crippen molar-refractivity contribution < 1.29 is 32.5 Å². The number of hydrogen-bond donors (Lipinski definition) is 0. The Labute approximate surface area is 74.2 Å². The first kappa shape index (κ1) is 13.3. The smallest absolute Gasteiger partial charge is 0.331 e. The minimum absolute atomic E-state index is 0. The molecule has 0 saturated carbocycles. The molecule has 0 heterocycles. The van der Waals surface area contributed by atoms with Crippen LogP contribution in [0.15, 0.2) is 0 Å². The van der Waals surface area contributed by atoms with Gasteiger partial charge in [0.15, 0.2) is 7.60 Å². The Balaban J connectivity index is 0. The SMILES string of the molecule is [CH2-]P(=O)(OCC)OCC.[Li+]. The maximum atomic E-state index is 10.9. The van der Waals surface area contributed by atoms with Gasteiger partial charge in [0.2, 0.25) is 0 Å². The maximum Gasteiger partial charge on any atom is 1.00 e. The average Bonchev–Trinajstić information content (AvgIpc) is 1.64. The van der Waals surface area contributed by atoms with Gasteiger partial charge in [-0.3, -0.25) is 4.57 Å². The van der Waals surface area contributed by atoms with Crippen molar-refractivity contribution >= 4 is 7.60 Å². The van der Waals surface area contributed by atoms with Crippen LogP contribution in [0.1, 0.15) is 13.8 Å². The molecule has 0 saturated heterocycles. The van der Waals surface area contributed by atoms with Gasteiger partial charge in [-0.15, -0.1) is 0 Å². The summed E-state index contributed by atoms with van der Waals surface area (Å²) in [5.74, 6) is 0. The monoisotopic (exact) mass is 158 g/mol. The molecule has 0 aliphatic heterocycles. The van der Waals surface area contributed by atoms with Gasteiger partial charge in [0.05, 0.1) is 13.2 Å². The third kappa shape index (κ3) is 6.86. The van der Waals surface area contributed by atoms with Gasteiger partial charge >= 0.3 is 18.9 Å². The molecule has 0 atom stereocenters. The summed E-state index contributed by atoms with van der Waals surface area (Å²) in [7, 11) is -2.94. The van der Waals surface area contributed by atoms with E-state index in [0.29, 0.717) is 13.2 Å². The fraction of sp³-hybridized carbons (Fsp3) is 0.800. The first-order valence-electron chi connectivity index (χ1n) is 2.86. The molecular formula is C5H12LiO3P. The van der Waals surface area contributed by atoms with E-state index in [-0.39, 0.29) is 18.9 Å². The van der Waals surface area contributed by atoms with Crippen LogP contribution < -0.4 is 18.9 Å². The standard InChI is InChI=1S/C5H12O3P.Li/c1-4-7-9(3,6)8-5-2;/h3-5H2,1-2H3;/q-1;+1. The van der Waals surface area contributed by atoms with Crippen LogP contribution in [0.3, 0.4) is 0 Å². The van der Waals surface area contributed by atoms with Crippen molar-refractivity contribution in [1.82, 2.24) is 0 Å². The zero-order chi connectivity index (χ0) is 7.33. The number of hydrogen-bond acceptors (Lipinski definition) is 3. The predicted molar refractivity (Wildman–Crippen MR) is 36.2 cm³/mol. The van der Waals surface area contributed by atoms with Crippen molar-refractivity contribution in [3.63, 3.8) is 0 Å². The van der Waals surface area contributed by atoms with Gasteiger partial charge in [-0.25, -0.2) is 6.66 Å². The third-order valence-corrected chi connectivity index (χ3v) is 1.95. The van der Waals surface area contributed by atoms with Gasteiger partial charge in [0, 0.05) is 0 Å². The summed E-state index contributed by atoms with van der Waals surface area (Å²) in [5, 5.41) is 0.